The molecule has 0 spiro atoms. The summed E-state index contributed by atoms with van der Waals surface area (Å²) < 4.78 is 30.6. The lowest BCUT2D eigenvalue weighted by molar-refractivity contribution is 0.626. The van der Waals surface area contributed by atoms with Gasteiger partial charge in [-0.25, -0.2) is 13.8 Å². The molecular weight excluding hydrogens is 396 g/mol. The first-order chi connectivity index (χ1) is 15.0. The van der Waals surface area contributed by atoms with Crippen molar-refractivity contribution in [1.29, 1.82) is 0 Å². The van der Waals surface area contributed by atoms with Gasteiger partial charge in [0, 0.05) is 11.9 Å². The summed E-state index contributed by atoms with van der Waals surface area (Å²) in [6, 6.07) is 18.6. The van der Waals surface area contributed by atoms with Gasteiger partial charge in [0.15, 0.2) is 0 Å². The van der Waals surface area contributed by atoms with Crippen molar-refractivity contribution < 1.29 is 8.78 Å². The van der Waals surface area contributed by atoms with Crippen molar-refractivity contribution in [2.24, 2.45) is 0 Å². The molecule has 0 fully saturated rings. The molecule has 0 radical (unpaired) electrons. The Labute approximate surface area is 177 Å². The summed E-state index contributed by atoms with van der Waals surface area (Å²) in [6.45, 7) is 2.75. The SMILES string of the molecule is Cc1ccc(Cn2c3ccc(F)cc3c3ncn(Cc4ccc(F)cc4)c(=O)c32)cc1. The van der Waals surface area contributed by atoms with Gasteiger partial charge in [-0.05, 0) is 48.4 Å². The van der Waals surface area contributed by atoms with E-state index in [2.05, 4.69) is 4.98 Å². The second kappa shape index (κ2) is 7.47. The van der Waals surface area contributed by atoms with E-state index in [-0.39, 0.29) is 23.7 Å². The zero-order valence-corrected chi connectivity index (χ0v) is 16.8. The highest BCUT2D eigenvalue weighted by atomic mass is 19.1. The molecule has 0 saturated carbocycles. The van der Waals surface area contributed by atoms with E-state index in [1.807, 2.05) is 35.8 Å². The van der Waals surface area contributed by atoms with E-state index in [0.29, 0.717) is 23.0 Å². The normalized spacial score (nSPS) is 11.5. The smallest absolute Gasteiger partial charge is 0.278 e. The van der Waals surface area contributed by atoms with Crippen LogP contribution in [0.3, 0.4) is 0 Å². The van der Waals surface area contributed by atoms with Crippen LogP contribution < -0.4 is 5.56 Å². The molecule has 0 N–H and O–H groups in total. The Morgan fingerprint density at radius 1 is 0.839 bits per heavy atom. The predicted octanol–water partition coefficient (Wildman–Crippen LogP) is 5.03. The second-order valence-electron chi connectivity index (χ2n) is 7.73. The lowest BCUT2D eigenvalue weighted by Gasteiger charge is -2.10. The van der Waals surface area contributed by atoms with E-state index in [4.69, 9.17) is 0 Å². The predicted molar refractivity (Wildman–Crippen MR) is 117 cm³/mol. The molecular formula is C25H19F2N3O. The van der Waals surface area contributed by atoms with Crippen LogP contribution in [-0.2, 0) is 13.1 Å². The molecule has 4 nitrogen and oxygen atoms in total. The average Bonchev–Trinajstić information content (AvgIpc) is 3.06. The number of aryl methyl sites for hydroxylation is 1. The van der Waals surface area contributed by atoms with Gasteiger partial charge < -0.3 is 4.57 Å². The molecule has 2 aromatic heterocycles. The third-order valence-corrected chi connectivity index (χ3v) is 5.52. The highest BCUT2D eigenvalue weighted by Gasteiger charge is 2.17. The van der Waals surface area contributed by atoms with E-state index in [9.17, 15) is 13.6 Å². The van der Waals surface area contributed by atoms with Crippen LogP contribution >= 0.6 is 0 Å². The average molecular weight is 415 g/mol. The van der Waals surface area contributed by atoms with E-state index in [0.717, 1.165) is 22.2 Å². The standard InChI is InChI=1S/C25H19F2N3O/c1-16-2-4-18(5-3-16)14-30-22-11-10-20(27)12-21(22)23-24(30)25(31)29(15-28-23)13-17-6-8-19(26)9-7-17/h2-12,15H,13-14H2,1H3. The number of rotatable bonds is 4. The fourth-order valence-corrected chi connectivity index (χ4v) is 3.91. The first kappa shape index (κ1) is 19.2. The number of fused-ring (bicyclic) bond motifs is 3. The summed E-state index contributed by atoms with van der Waals surface area (Å²) in [7, 11) is 0. The van der Waals surface area contributed by atoms with Crippen molar-refractivity contribution in [3.63, 3.8) is 0 Å². The first-order valence-electron chi connectivity index (χ1n) is 9.96. The molecule has 31 heavy (non-hydrogen) atoms. The number of hydrogen-bond donors (Lipinski definition) is 0. The molecule has 6 heteroatoms. The fourth-order valence-electron chi connectivity index (χ4n) is 3.91. The highest BCUT2D eigenvalue weighted by molar-refractivity contribution is 6.05. The molecule has 0 amide bonds. The summed E-state index contributed by atoms with van der Waals surface area (Å²) in [5, 5.41) is 0.605. The van der Waals surface area contributed by atoms with E-state index in [1.165, 1.54) is 35.2 Å². The van der Waals surface area contributed by atoms with Gasteiger partial charge in [0.25, 0.3) is 5.56 Å². The highest BCUT2D eigenvalue weighted by Crippen LogP contribution is 2.27. The largest absolute Gasteiger partial charge is 0.330 e. The number of benzene rings is 3. The summed E-state index contributed by atoms with van der Waals surface area (Å²) in [5.74, 6) is -0.705. The lowest BCUT2D eigenvalue weighted by atomic mass is 10.1. The maximum atomic E-state index is 14.0. The maximum absolute atomic E-state index is 14.0. The Hall–Kier alpha value is -3.80. The zero-order valence-electron chi connectivity index (χ0n) is 16.8. The molecule has 0 unspecified atom stereocenters. The molecule has 0 atom stereocenters. The number of aromatic nitrogens is 3. The first-order valence-corrected chi connectivity index (χ1v) is 9.96. The summed E-state index contributed by atoms with van der Waals surface area (Å²) >= 11 is 0. The monoisotopic (exact) mass is 415 g/mol. The van der Waals surface area contributed by atoms with Crippen molar-refractivity contribution >= 4 is 21.9 Å². The van der Waals surface area contributed by atoms with Crippen LogP contribution in [0.25, 0.3) is 21.9 Å². The Balaban J connectivity index is 1.70. The summed E-state index contributed by atoms with van der Waals surface area (Å²) in [6.07, 6.45) is 1.47. The van der Waals surface area contributed by atoms with Gasteiger partial charge in [-0.3, -0.25) is 9.36 Å². The van der Waals surface area contributed by atoms with Crippen molar-refractivity contribution in [3.8, 4) is 0 Å². The van der Waals surface area contributed by atoms with Crippen LogP contribution in [0, 0.1) is 18.6 Å². The van der Waals surface area contributed by atoms with Gasteiger partial charge in [0.05, 0.1) is 18.4 Å². The molecule has 0 bridgehead atoms. The topological polar surface area (TPSA) is 39.8 Å². The molecule has 5 rings (SSSR count). The number of hydrogen-bond acceptors (Lipinski definition) is 2. The van der Waals surface area contributed by atoms with Crippen LogP contribution in [0.2, 0.25) is 0 Å². The summed E-state index contributed by atoms with van der Waals surface area (Å²) in [5.41, 5.74) is 4.39. The quantitative estimate of drug-likeness (QED) is 0.413. The van der Waals surface area contributed by atoms with E-state index >= 15 is 0 Å². The van der Waals surface area contributed by atoms with Crippen molar-refractivity contribution in [1.82, 2.24) is 14.1 Å². The van der Waals surface area contributed by atoms with Crippen molar-refractivity contribution in [2.75, 3.05) is 0 Å². The fraction of sp³-hybridized carbons (Fsp3) is 0.120. The Morgan fingerprint density at radius 3 is 2.23 bits per heavy atom. The van der Waals surface area contributed by atoms with Gasteiger partial charge in [-0.2, -0.15) is 0 Å². The van der Waals surface area contributed by atoms with Crippen LogP contribution in [0.4, 0.5) is 8.78 Å². The minimum absolute atomic E-state index is 0.224. The molecule has 2 heterocycles. The number of halogens is 2. The lowest BCUT2D eigenvalue weighted by Crippen LogP contribution is -2.23. The van der Waals surface area contributed by atoms with E-state index in [1.54, 1.807) is 18.2 Å². The zero-order chi connectivity index (χ0) is 21.5. The van der Waals surface area contributed by atoms with Gasteiger partial charge in [0.2, 0.25) is 0 Å². The molecule has 3 aromatic carbocycles. The Morgan fingerprint density at radius 2 is 1.48 bits per heavy atom. The second-order valence-corrected chi connectivity index (χ2v) is 7.73. The molecule has 0 aliphatic carbocycles. The van der Waals surface area contributed by atoms with Gasteiger partial charge in [0.1, 0.15) is 22.7 Å². The third kappa shape index (κ3) is 3.50. The molecule has 154 valence electrons. The van der Waals surface area contributed by atoms with E-state index < -0.39 is 0 Å². The Bertz CT molecular complexity index is 1470. The van der Waals surface area contributed by atoms with Crippen molar-refractivity contribution in [2.45, 2.75) is 20.0 Å². The minimum Gasteiger partial charge on any atom is -0.330 e. The van der Waals surface area contributed by atoms with Crippen LogP contribution in [-0.4, -0.2) is 14.1 Å². The van der Waals surface area contributed by atoms with Gasteiger partial charge in [-0.15, -0.1) is 0 Å². The van der Waals surface area contributed by atoms with Gasteiger partial charge in [-0.1, -0.05) is 42.0 Å². The number of nitrogens with zero attached hydrogens (tertiary/aromatic N) is 3. The molecule has 0 aliphatic heterocycles. The molecule has 5 aromatic rings. The summed E-state index contributed by atoms with van der Waals surface area (Å²) in [4.78, 5) is 18.0. The molecule has 0 saturated heterocycles. The van der Waals surface area contributed by atoms with Crippen LogP contribution in [0.5, 0.6) is 0 Å². The van der Waals surface area contributed by atoms with Crippen LogP contribution in [0.15, 0.2) is 77.9 Å². The van der Waals surface area contributed by atoms with Crippen molar-refractivity contribution in [3.05, 3.63) is 112 Å². The van der Waals surface area contributed by atoms with Gasteiger partial charge >= 0.3 is 0 Å². The molecule has 0 aliphatic rings. The third-order valence-electron chi connectivity index (χ3n) is 5.52. The minimum atomic E-state index is -0.376. The maximum Gasteiger partial charge on any atom is 0.278 e. The van der Waals surface area contributed by atoms with Crippen LogP contribution in [0.1, 0.15) is 16.7 Å². The Kier molecular flexibility index (Phi) is 4.62.